The van der Waals surface area contributed by atoms with E-state index >= 15 is 0 Å². The standard InChI is InChI=1S/C23H32N4O4/c1-14(2)30-22(29)26-19-9-15(3)25-18-8-7-16(10-17(18)19)20-12-27(13-24-20)31-21(28)11-23(4,5)6/h7-8,10,12-15,19,25H,9,11H2,1-6H3,(H,26,29)/t15-,19+/m1/s1. The second-order valence-electron chi connectivity index (χ2n) is 9.55. The third-order valence-electron chi connectivity index (χ3n) is 4.79. The minimum Gasteiger partial charge on any atom is -0.447 e. The molecule has 0 bridgehead atoms. The largest absolute Gasteiger partial charge is 0.447 e. The Bertz CT molecular complexity index is 945. The molecule has 1 aromatic heterocycles. The molecule has 168 valence electrons. The van der Waals surface area contributed by atoms with Gasteiger partial charge in [-0.15, -0.1) is 0 Å². The summed E-state index contributed by atoms with van der Waals surface area (Å²) in [6.45, 7) is 11.7. The minimum absolute atomic E-state index is 0.151. The lowest BCUT2D eigenvalue weighted by atomic mass is 9.92. The first kappa shape index (κ1) is 22.7. The number of imidazole rings is 1. The predicted octanol–water partition coefficient (Wildman–Crippen LogP) is 4.32. The Morgan fingerprint density at radius 1 is 1.32 bits per heavy atom. The maximum atomic E-state index is 12.2. The van der Waals surface area contributed by atoms with Crippen LogP contribution in [-0.2, 0) is 9.53 Å². The number of carbonyl (C=O) groups is 2. The number of amides is 1. The SMILES string of the molecule is CC(C)OC(=O)N[C@H]1C[C@@H](C)Nc2ccc(-c3cn(OC(=O)CC(C)(C)C)cn3)cc21. The smallest absolute Gasteiger partial charge is 0.407 e. The van der Waals surface area contributed by atoms with E-state index < -0.39 is 6.09 Å². The lowest BCUT2D eigenvalue weighted by Crippen LogP contribution is -2.37. The molecule has 2 N–H and O–H groups in total. The molecule has 0 unspecified atom stereocenters. The van der Waals surface area contributed by atoms with E-state index in [1.54, 1.807) is 6.20 Å². The summed E-state index contributed by atoms with van der Waals surface area (Å²) in [5.41, 5.74) is 3.32. The maximum Gasteiger partial charge on any atom is 0.407 e. The van der Waals surface area contributed by atoms with Gasteiger partial charge in [0.15, 0.2) is 0 Å². The van der Waals surface area contributed by atoms with Gasteiger partial charge >= 0.3 is 12.1 Å². The summed E-state index contributed by atoms with van der Waals surface area (Å²) in [7, 11) is 0. The van der Waals surface area contributed by atoms with Crippen LogP contribution in [0.1, 0.15) is 66.0 Å². The fraction of sp³-hybridized carbons (Fsp3) is 0.522. The van der Waals surface area contributed by atoms with Crippen LogP contribution in [0.15, 0.2) is 30.7 Å². The highest BCUT2D eigenvalue weighted by atomic mass is 16.7. The number of ether oxygens (including phenoxy) is 1. The van der Waals surface area contributed by atoms with Gasteiger partial charge in [0.25, 0.3) is 0 Å². The van der Waals surface area contributed by atoms with Gasteiger partial charge in [0.05, 0.1) is 30.5 Å². The molecule has 31 heavy (non-hydrogen) atoms. The van der Waals surface area contributed by atoms with Crippen LogP contribution >= 0.6 is 0 Å². The lowest BCUT2D eigenvalue weighted by molar-refractivity contribution is -0.146. The topological polar surface area (TPSA) is 94.5 Å². The fourth-order valence-electron chi connectivity index (χ4n) is 3.56. The number of nitrogens with one attached hydrogen (secondary N) is 2. The average Bonchev–Trinajstić information content (AvgIpc) is 3.07. The predicted molar refractivity (Wildman–Crippen MR) is 119 cm³/mol. The molecule has 1 aliphatic heterocycles. The van der Waals surface area contributed by atoms with E-state index in [2.05, 4.69) is 22.5 Å². The number of nitrogens with zero attached hydrogens (tertiary/aromatic N) is 2. The summed E-state index contributed by atoms with van der Waals surface area (Å²) in [5.74, 6) is -0.312. The van der Waals surface area contributed by atoms with E-state index in [1.165, 1.54) is 11.1 Å². The number of benzene rings is 1. The normalized spacial score (nSPS) is 18.2. The van der Waals surface area contributed by atoms with Crippen LogP contribution in [0.3, 0.4) is 0 Å². The van der Waals surface area contributed by atoms with Crippen molar-refractivity contribution in [3.63, 3.8) is 0 Å². The van der Waals surface area contributed by atoms with Gasteiger partial charge in [0.2, 0.25) is 0 Å². The van der Waals surface area contributed by atoms with Gasteiger partial charge in [-0.1, -0.05) is 26.8 Å². The molecule has 2 aromatic rings. The third kappa shape index (κ3) is 6.23. The first-order valence-corrected chi connectivity index (χ1v) is 10.6. The average molecular weight is 429 g/mol. The Kier molecular flexibility index (Phi) is 6.57. The molecule has 1 amide bonds. The first-order chi connectivity index (χ1) is 14.5. The van der Waals surface area contributed by atoms with Crippen LogP contribution in [0.25, 0.3) is 11.3 Å². The highest BCUT2D eigenvalue weighted by Crippen LogP contribution is 2.35. The molecule has 0 aliphatic carbocycles. The van der Waals surface area contributed by atoms with Gasteiger partial charge in [0, 0.05) is 17.3 Å². The molecule has 2 atom stereocenters. The number of fused-ring (bicyclic) bond motifs is 1. The minimum atomic E-state index is -0.430. The summed E-state index contributed by atoms with van der Waals surface area (Å²) in [6, 6.07) is 5.97. The Labute approximate surface area is 183 Å². The highest BCUT2D eigenvalue weighted by Gasteiger charge is 2.27. The highest BCUT2D eigenvalue weighted by molar-refractivity contribution is 5.72. The molecule has 0 saturated heterocycles. The Morgan fingerprint density at radius 3 is 2.74 bits per heavy atom. The van der Waals surface area contributed by atoms with E-state index in [4.69, 9.17) is 9.57 Å². The van der Waals surface area contributed by atoms with Gasteiger partial charge in [-0.25, -0.2) is 14.6 Å². The molecule has 1 aliphatic rings. The Hall–Kier alpha value is -3.03. The summed E-state index contributed by atoms with van der Waals surface area (Å²) in [5, 5.41) is 6.42. The molecule has 0 fully saturated rings. The Morgan fingerprint density at radius 2 is 2.06 bits per heavy atom. The molecular formula is C23H32N4O4. The molecule has 0 radical (unpaired) electrons. The molecule has 0 spiro atoms. The second kappa shape index (κ2) is 8.99. The van der Waals surface area contributed by atoms with Crippen LogP contribution in [0.4, 0.5) is 10.5 Å². The van der Waals surface area contributed by atoms with Gasteiger partial charge in [0.1, 0.15) is 6.33 Å². The number of alkyl carbamates (subject to hydrolysis) is 1. The number of hydrogen-bond acceptors (Lipinski definition) is 6. The molecule has 2 heterocycles. The van der Waals surface area contributed by atoms with Crippen molar-refractivity contribution in [2.75, 3.05) is 5.32 Å². The molecule has 8 heteroatoms. The van der Waals surface area contributed by atoms with Gasteiger partial charge < -0.3 is 20.2 Å². The van der Waals surface area contributed by atoms with E-state index in [1.807, 2.05) is 52.8 Å². The van der Waals surface area contributed by atoms with Crippen LogP contribution in [0.5, 0.6) is 0 Å². The van der Waals surface area contributed by atoms with E-state index in [9.17, 15) is 9.59 Å². The van der Waals surface area contributed by atoms with Crippen LogP contribution in [-0.4, -0.2) is 33.9 Å². The van der Waals surface area contributed by atoms with E-state index in [-0.39, 0.29) is 29.6 Å². The van der Waals surface area contributed by atoms with Crippen LogP contribution in [0.2, 0.25) is 0 Å². The summed E-state index contributed by atoms with van der Waals surface area (Å²) < 4.78 is 6.59. The number of anilines is 1. The summed E-state index contributed by atoms with van der Waals surface area (Å²) in [4.78, 5) is 34.0. The van der Waals surface area contributed by atoms with E-state index in [0.717, 1.165) is 23.2 Å². The van der Waals surface area contributed by atoms with Gasteiger partial charge in [-0.2, -0.15) is 4.73 Å². The van der Waals surface area contributed by atoms with Crippen molar-refractivity contribution in [2.24, 2.45) is 5.41 Å². The van der Waals surface area contributed by atoms with Crippen molar-refractivity contribution in [3.8, 4) is 11.3 Å². The van der Waals surface area contributed by atoms with Crippen molar-refractivity contribution >= 4 is 17.7 Å². The quantitative estimate of drug-likeness (QED) is 0.736. The monoisotopic (exact) mass is 428 g/mol. The zero-order valence-electron chi connectivity index (χ0n) is 19.1. The summed E-state index contributed by atoms with van der Waals surface area (Å²) in [6.07, 6.45) is 3.59. The van der Waals surface area contributed by atoms with Crippen LogP contribution in [0, 0.1) is 5.41 Å². The Balaban J connectivity index is 1.79. The molecular weight excluding hydrogens is 396 g/mol. The first-order valence-electron chi connectivity index (χ1n) is 10.6. The number of carbonyl (C=O) groups excluding carboxylic acids is 2. The number of rotatable bonds is 5. The van der Waals surface area contributed by atoms with Crippen LogP contribution < -0.4 is 15.5 Å². The molecule has 0 saturated carbocycles. The zero-order chi connectivity index (χ0) is 22.8. The van der Waals surface area contributed by atoms with E-state index in [0.29, 0.717) is 12.1 Å². The second-order valence-corrected chi connectivity index (χ2v) is 9.55. The third-order valence-corrected chi connectivity index (χ3v) is 4.79. The van der Waals surface area contributed by atoms with Gasteiger partial charge in [-0.05, 0) is 50.3 Å². The van der Waals surface area contributed by atoms with Crippen molar-refractivity contribution in [2.45, 2.75) is 72.6 Å². The molecule has 3 rings (SSSR count). The summed E-state index contributed by atoms with van der Waals surface area (Å²) >= 11 is 0. The van der Waals surface area contributed by atoms with Crippen molar-refractivity contribution in [1.29, 1.82) is 0 Å². The fourth-order valence-corrected chi connectivity index (χ4v) is 3.56. The number of aromatic nitrogens is 2. The number of hydrogen-bond donors (Lipinski definition) is 2. The van der Waals surface area contributed by atoms with Crippen molar-refractivity contribution < 1.29 is 19.2 Å². The molecule has 8 nitrogen and oxygen atoms in total. The zero-order valence-corrected chi connectivity index (χ0v) is 19.1. The maximum absolute atomic E-state index is 12.2. The van der Waals surface area contributed by atoms with Gasteiger partial charge in [-0.3, -0.25) is 0 Å². The van der Waals surface area contributed by atoms with Crippen molar-refractivity contribution in [1.82, 2.24) is 15.0 Å². The lowest BCUT2D eigenvalue weighted by Gasteiger charge is -2.32. The van der Waals surface area contributed by atoms with Crippen molar-refractivity contribution in [3.05, 3.63) is 36.3 Å². The molecule has 1 aromatic carbocycles.